The number of hydrogen-bond donors (Lipinski definition) is 2. The van der Waals surface area contributed by atoms with Crippen LogP contribution < -0.4 is 10.1 Å². The summed E-state index contributed by atoms with van der Waals surface area (Å²) in [5.74, 6) is 1.23. The molecule has 1 fully saturated rings. The number of hydrogen-bond acceptors (Lipinski definition) is 6. The summed E-state index contributed by atoms with van der Waals surface area (Å²) in [6.07, 6.45) is 3.29. The van der Waals surface area contributed by atoms with Crippen molar-refractivity contribution in [2.75, 3.05) is 13.6 Å². The number of β-amino-alcohol motifs (C(OH)–C–C–N with tert-alkyl or cyclic N) is 1. The molecule has 0 unspecified atom stereocenters. The van der Waals surface area contributed by atoms with E-state index in [1.165, 1.54) is 0 Å². The third kappa shape index (κ3) is 3.23. The van der Waals surface area contributed by atoms with Gasteiger partial charge in [0.15, 0.2) is 5.75 Å². The number of carbonyl (C=O) groups is 2. The first-order valence-corrected chi connectivity index (χ1v) is 11.1. The van der Waals surface area contributed by atoms with Gasteiger partial charge in [0.1, 0.15) is 22.6 Å². The van der Waals surface area contributed by atoms with E-state index in [0.29, 0.717) is 44.9 Å². The monoisotopic (exact) mass is 462 g/mol. The Morgan fingerprint density at radius 1 is 1.29 bits per heavy atom. The third-order valence-corrected chi connectivity index (χ3v) is 6.76. The Morgan fingerprint density at radius 2 is 2.06 bits per heavy atom. The molecule has 0 aliphatic carbocycles. The molecule has 0 saturated carbocycles. The van der Waals surface area contributed by atoms with Crippen LogP contribution >= 0.6 is 0 Å². The van der Waals surface area contributed by atoms with E-state index in [9.17, 15) is 14.7 Å². The number of aromatic nitrogens is 2. The maximum atomic E-state index is 13.1. The van der Waals surface area contributed by atoms with Crippen molar-refractivity contribution in [3.05, 3.63) is 59.1 Å². The second kappa shape index (κ2) is 7.59. The summed E-state index contributed by atoms with van der Waals surface area (Å²) in [7, 11) is 1.58. The van der Waals surface area contributed by atoms with Crippen molar-refractivity contribution in [3.8, 4) is 11.5 Å². The fraction of sp³-hybridized carbons (Fsp3) is 0.320. The first-order valence-electron chi connectivity index (χ1n) is 11.1. The van der Waals surface area contributed by atoms with Crippen molar-refractivity contribution in [2.24, 2.45) is 0 Å². The molecule has 1 aliphatic heterocycles. The number of ether oxygens (including phenoxy) is 1. The molecule has 4 aromatic rings. The number of aliphatic hydroxyl groups is 1. The van der Waals surface area contributed by atoms with Crippen LogP contribution in [0.2, 0.25) is 0 Å². The van der Waals surface area contributed by atoms with Gasteiger partial charge in [-0.05, 0) is 45.4 Å². The molecule has 176 valence electrons. The third-order valence-electron chi connectivity index (χ3n) is 6.76. The van der Waals surface area contributed by atoms with E-state index in [2.05, 4.69) is 10.4 Å². The lowest BCUT2D eigenvalue weighted by molar-refractivity contribution is -0.111. The van der Waals surface area contributed by atoms with Crippen molar-refractivity contribution in [1.82, 2.24) is 19.8 Å². The minimum absolute atomic E-state index is 0.151. The zero-order valence-electron chi connectivity index (χ0n) is 19.7. The summed E-state index contributed by atoms with van der Waals surface area (Å²) in [5.41, 5.74) is 2.09. The molecule has 5 rings (SSSR count). The summed E-state index contributed by atoms with van der Waals surface area (Å²) >= 11 is 0. The fourth-order valence-electron chi connectivity index (χ4n) is 4.56. The first kappa shape index (κ1) is 22.0. The number of carbonyl (C=O) groups excluding carboxylic acids is 2. The molecule has 9 heteroatoms. The lowest BCUT2D eigenvalue weighted by Crippen LogP contribution is -2.68. The Bertz CT molecular complexity index is 1470. The van der Waals surface area contributed by atoms with Crippen LogP contribution in [0, 0.1) is 13.8 Å². The molecule has 34 heavy (non-hydrogen) atoms. The highest BCUT2D eigenvalue weighted by molar-refractivity contribution is 6.07. The average Bonchev–Trinajstić information content (AvgIpc) is 3.32. The van der Waals surface area contributed by atoms with Gasteiger partial charge >= 0.3 is 0 Å². The molecule has 0 bridgehead atoms. The number of aryl methyl sites for hydroxylation is 2. The Hall–Kier alpha value is -3.85. The van der Waals surface area contributed by atoms with Gasteiger partial charge in [-0.25, -0.2) is 4.52 Å². The molecule has 1 aliphatic rings. The van der Waals surface area contributed by atoms with E-state index in [4.69, 9.17) is 9.15 Å². The van der Waals surface area contributed by atoms with E-state index >= 15 is 0 Å². The zero-order valence-corrected chi connectivity index (χ0v) is 19.7. The van der Waals surface area contributed by atoms with Gasteiger partial charge in [-0.2, -0.15) is 5.10 Å². The van der Waals surface area contributed by atoms with Crippen LogP contribution in [0.1, 0.15) is 45.9 Å². The van der Waals surface area contributed by atoms with Crippen LogP contribution in [0.25, 0.3) is 16.5 Å². The van der Waals surface area contributed by atoms with E-state index < -0.39 is 5.60 Å². The average molecular weight is 463 g/mol. The standard InChI is InChI=1S/C25H26N4O5/c1-13-18(24(31)28-12-25(4,32)15(28)3)11-29-22(13)19(8-9-27-29)34-16-6-7-17-20(10-16)33-14(2)21(17)23(30)26-5/h6-11,15,32H,12H2,1-5H3,(H,26,30)/t15-,25-/m0/s1. The molecular weight excluding hydrogens is 436 g/mol. The first-order chi connectivity index (χ1) is 16.1. The van der Waals surface area contributed by atoms with Crippen molar-refractivity contribution in [3.63, 3.8) is 0 Å². The number of nitrogens with zero attached hydrogens (tertiary/aromatic N) is 3. The van der Waals surface area contributed by atoms with Crippen LogP contribution in [-0.2, 0) is 0 Å². The van der Waals surface area contributed by atoms with Crippen LogP contribution in [0.15, 0.2) is 41.1 Å². The van der Waals surface area contributed by atoms with Gasteiger partial charge in [0.25, 0.3) is 11.8 Å². The number of likely N-dealkylation sites (tertiary alicyclic amines) is 1. The van der Waals surface area contributed by atoms with Gasteiger partial charge in [0.05, 0.1) is 35.5 Å². The van der Waals surface area contributed by atoms with Crippen LogP contribution in [-0.4, -0.2) is 56.7 Å². The highest BCUT2D eigenvalue weighted by Crippen LogP contribution is 2.36. The largest absolute Gasteiger partial charge is 0.460 e. The topological polar surface area (TPSA) is 109 Å². The summed E-state index contributed by atoms with van der Waals surface area (Å²) in [4.78, 5) is 27.0. The number of amides is 2. The van der Waals surface area contributed by atoms with Gasteiger partial charge in [-0.3, -0.25) is 9.59 Å². The Kier molecular flexibility index (Phi) is 4.91. The minimum atomic E-state index is -0.879. The minimum Gasteiger partial charge on any atom is -0.460 e. The van der Waals surface area contributed by atoms with E-state index in [1.807, 2.05) is 13.8 Å². The number of nitrogens with one attached hydrogen (secondary N) is 1. The van der Waals surface area contributed by atoms with E-state index in [-0.39, 0.29) is 24.4 Å². The van der Waals surface area contributed by atoms with Crippen LogP contribution in [0.5, 0.6) is 11.5 Å². The zero-order chi connectivity index (χ0) is 24.4. The fourth-order valence-corrected chi connectivity index (χ4v) is 4.56. The lowest BCUT2D eigenvalue weighted by Gasteiger charge is -2.51. The molecule has 3 aromatic heterocycles. The Labute approximate surface area is 195 Å². The van der Waals surface area contributed by atoms with Gasteiger partial charge in [0, 0.05) is 30.8 Å². The maximum absolute atomic E-state index is 13.1. The van der Waals surface area contributed by atoms with Crippen molar-refractivity contribution in [1.29, 1.82) is 0 Å². The summed E-state index contributed by atoms with van der Waals surface area (Å²) in [6, 6.07) is 6.77. The smallest absolute Gasteiger partial charge is 0.256 e. The van der Waals surface area contributed by atoms with Crippen molar-refractivity contribution >= 4 is 28.3 Å². The molecule has 1 saturated heterocycles. The highest BCUT2D eigenvalue weighted by atomic mass is 16.5. The molecule has 2 atom stereocenters. The Balaban J connectivity index is 1.50. The van der Waals surface area contributed by atoms with E-state index in [0.717, 1.165) is 5.56 Å². The second-order valence-corrected chi connectivity index (χ2v) is 9.00. The summed E-state index contributed by atoms with van der Waals surface area (Å²) < 4.78 is 13.6. The summed E-state index contributed by atoms with van der Waals surface area (Å²) in [5, 5.41) is 17.9. The lowest BCUT2D eigenvalue weighted by atomic mass is 9.86. The SMILES string of the molecule is CNC(=O)c1c(C)oc2cc(Oc3ccnn4cc(C(=O)N5C[C@](C)(O)[C@@H]5C)c(C)c34)ccc12. The number of rotatable bonds is 4. The molecule has 0 spiro atoms. The van der Waals surface area contributed by atoms with Gasteiger partial charge in [-0.1, -0.05) is 0 Å². The molecule has 9 nitrogen and oxygen atoms in total. The maximum Gasteiger partial charge on any atom is 0.256 e. The van der Waals surface area contributed by atoms with E-state index in [1.54, 1.807) is 67.0 Å². The normalized spacial score (nSPS) is 19.9. The predicted molar refractivity (Wildman–Crippen MR) is 125 cm³/mol. The highest BCUT2D eigenvalue weighted by Gasteiger charge is 2.47. The predicted octanol–water partition coefficient (Wildman–Crippen LogP) is 3.44. The Morgan fingerprint density at radius 3 is 2.74 bits per heavy atom. The van der Waals surface area contributed by atoms with Gasteiger partial charge in [0.2, 0.25) is 0 Å². The molecule has 1 aromatic carbocycles. The van der Waals surface area contributed by atoms with Gasteiger partial charge < -0.3 is 24.5 Å². The molecule has 2 amide bonds. The van der Waals surface area contributed by atoms with Crippen molar-refractivity contribution < 1.29 is 23.8 Å². The molecule has 2 N–H and O–H groups in total. The molecule has 0 radical (unpaired) electrons. The van der Waals surface area contributed by atoms with Crippen LogP contribution in [0.3, 0.4) is 0 Å². The quantitative estimate of drug-likeness (QED) is 0.481. The van der Waals surface area contributed by atoms with Crippen molar-refractivity contribution in [2.45, 2.75) is 39.3 Å². The van der Waals surface area contributed by atoms with Crippen LogP contribution in [0.4, 0.5) is 0 Å². The molecular formula is C25H26N4O5. The summed E-state index contributed by atoms with van der Waals surface area (Å²) in [6.45, 7) is 7.46. The number of benzene rings is 1. The number of furan rings is 1. The molecule has 4 heterocycles. The number of fused-ring (bicyclic) bond motifs is 2. The second-order valence-electron chi connectivity index (χ2n) is 9.00. The van der Waals surface area contributed by atoms with Gasteiger partial charge in [-0.15, -0.1) is 0 Å².